The monoisotopic (exact) mass is 540 g/mol. The number of amides is 1. The first kappa shape index (κ1) is 27.7. The average molecular weight is 540 g/mol. The number of hydrogen-bond acceptors (Lipinski definition) is 6. The van der Waals surface area contributed by atoms with Crippen LogP contribution in [0, 0.1) is 18.7 Å². The fraction of sp³-hybridized carbons (Fsp3) is 0.455. The number of hydrogen-bond donors (Lipinski definition) is 1. The number of rotatable bonds is 6. The zero-order chi connectivity index (χ0) is 27.2. The first-order chi connectivity index (χ1) is 16.5. The van der Waals surface area contributed by atoms with E-state index in [1.807, 2.05) is 0 Å². The van der Waals surface area contributed by atoms with Gasteiger partial charge >= 0.3 is 12.8 Å². The van der Waals surface area contributed by atoms with E-state index < -0.39 is 68.7 Å². The summed E-state index contributed by atoms with van der Waals surface area (Å²) < 4.78 is 116. The molecule has 36 heavy (non-hydrogen) atoms. The summed E-state index contributed by atoms with van der Waals surface area (Å²) in [5.74, 6) is -5.76. The van der Waals surface area contributed by atoms with E-state index in [4.69, 9.17) is 4.74 Å². The molecule has 1 aliphatic heterocycles. The van der Waals surface area contributed by atoms with Gasteiger partial charge in [-0.25, -0.2) is 17.8 Å². The van der Waals surface area contributed by atoms with Crippen LogP contribution in [0.2, 0.25) is 0 Å². The smallest absolute Gasteiger partial charge is 0.417 e. The molecule has 14 heteroatoms. The van der Waals surface area contributed by atoms with Crippen LogP contribution in [0.1, 0.15) is 30.9 Å². The fourth-order valence-corrected chi connectivity index (χ4v) is 4.72. The first-order valence-electron chi connectivity index (χ1n) is 10.4. The van der Waals surface area contributed by atoms with Crippen LogP contribution in [0.4, 0.5) is 32.0 Å². The average Bonchev–Trinajstić information content (AvgIpc) is 3.03. The quantitative estimate of drug-likeness (QED) is 0.538. The van der Waals surface area contributed by atoms with Gasteiger partial charge in [0.2, 0.25) is 0 Å². The maximum Gasteiger partial charge on any atom is 0.417 e. The Morgan fingerprint density at radius 3 is 2.44 bits per heavy atom. The number of alkyl halides is 5. The molecule has 1 aromatic carbocycles. The molecular weight excluding hydrogens is 518 g/mol. The van der Waals surface area contributed by atoms with Crippen LogP contribution in [0.15, 0.2) is 35.5 Å². The normalized spacial score (nSPS) is 24.7. The van der Waals surface area contributed by atoms with Crippen LogP contribution in [0.3, 0.4) is 0 Å². The van der Waals surface area contributed by atoms with E-state index >= 15 is 0 Å². The summed E-state index contributed by atoms with van der Waals surface area (Å²) in [4.78, 5) is 16.8. The maximum atomic E-state index is 14.1. The number of anilines is 1. The van der Waals surface area contributed by atoms with Gasteiger partial charge in [0, 0.05) is 41.1 Å². The lowest BCUT2D eigenvalue weighted by Crippen LogP contribution is -2.47. The van der Waals surface area contributed by atoms with Crippen molar-refractivity contribution in [3.63, 3.8) is 0 Å². The highest BCUT2D eigenvalue weighted by molar-refractivity contribution is 7.90. The number of ether oxygens (including phenoxy) is 2. The van der Waals surface area contributed by atoms with E-state index in [2.05, 4.69) is 15.0 Å². The molecular formula is C22H22F6N2O5S. The van der Waals surface area contributed by atoms with Crippen molar-refractivity contribution in [1.29, 1.82) is 0 Å². The third-order valence-corrected chi connectivity index (χ3v) is 7.23. The molecule has 198 valence electrons. The molecule has 1 aliphatic rings. The Labute approximate surface area is 202 Å². The van der Waals surface area contributed by atoms with Crippen molar-refractivity contribution in [3.8, 4) is 5.75 Å². The number of sulfone groups is 1. The van der Waals surface area contributed by atoms with Gasteiger partial charge in [-0.1, -0.05) is 13.0 Å². The number of halogens is 6. The molecule has 0 bridgehead atoms. The van der Waals surface area contributed by atoms with E-state index in [0.29, 0.717) is 0 Å². The lowest BCUT2D eigenvalue weighted by Gasteiger charge is -2.32. The second-order valence-electron chi connectivity index (χ2n) is 8.57. The molecule has 3 rings (SSSR count). The van der Waals surface area contributed by atoms with Gasteiger partial charge in [0.25, 0.3) is 5.91 Å². The predicted octanol–water partition coefficient (Wildman–Crippen LogP) is 4.61. The molecule has 1 saturated heterocycles. The molecule has 0 radical (unpaired) electrons. The van der Waals surface area contributed by atoms with E-state index in [-0.39, 0.29) is 16.8 Å². The number of nitrogens with one attached hydrogen (secondary N) is 1. The van der Waals surface area contributed by atoms with E-state index in [1.54, 1.807) is 0 Å². The lowest BCUT2D eigenvalue weighted by molar-refractivity contribution is -0.272. The second-order valence-corrected chi connectivity index (χ2v) is 10.5. The predicted molar refractivity (Wildman–Crippen MR) is 115 cm³/mol. The minimum absolute atomic E-state index is 0.106. The molecule has 4 atom stereocenters. The number of nitrogens with zero attached hydrogens (tertiary/aromatic N) is 1. The van der Waals surface area contributed by atoms with Gasteiger partial charge in [-0.05, 0) is 32.0 Å². The van der Waals surface area contributed by atoms with Crippen LogP contribution in [0.25, 0.3) is 0 Å². The van der Waals surface area contributed by atoms with Crippen LogP contribution in [-0.2, 0) is 19.4 Å². The summed E-state index contributed by atoms with van der Waals surface area (Å²) in [6.07, 6.45) is -4.93. The topological polar surface area (TPSA) is 94.6 Å². The van der Waals surface area contributed by atoms with Crippen LogP contribution in [-0.4, -0.2) is 50.1 Å². The minimum Gasteiger partial charge on any atom is -0.434 e. The van der Waals surface area contributed by atoms with Gasteiger partial charge < -0.3 is 14.8 Å². The van der Waals surface area contributed by atoms with Crippen molar-refractivity contribution in [1.82, 2.24) is 4.98 Å². The molecule has 7 nitrogen and oxygen atoms in total. The highest BCUT2D eigenvalue weighted by atomic mass is 32.2. The van der Waals surface area contributed by atoms with Gasteiger partial charge in [-0.2, -0.15) is 22.0 Å². The van der Waals surface area contributed by atoms with Crippen molar-refractivity contribution in [2.75, 3.05) is 11.6 Å². The summed E-state index contributed by atoms with van der Waals surface area (Å²) in [7, 11) is -3.77. The molecule has 2 aromatic rings. The first-order valence-corrected chi connectivity index (χ1v) is 12.3. The number of pyridine rings is 1. The van der Waals surface area contributed by atoms with Gasteiger partial charge in [0.1, 0.15) is 17.7 Å². The summed E-state index contributed by atoms with van der Waals surface area (Å²) in [5, 5.41) is 1.89. The molecule has 0 spiro atoms. The van der Waals surface area contributed by atoms with Crippen LogP contribution in [0.5, 0.6) is 5.75 Å². The minimum atomic E-state index is -4.97. The molecule has 2 heterocycles. The van der Waals surface area contributed by atoms with E-state index in [9.17, 15) is 39.6 Å². The standard InChI is InChI=1S/C22H22F6N2O5S/c1-10-14(23)6-5-13(17(10)34-20(24)25)16-11(2)21(3,22(26,27)28)35-18(16)19(31)30-12-7-8-29-15(9-12)36(4,32)33/h5-9,11,16,18,20H,1-4H3,(H,29,30,31)/t11-,16-,18+,21+/m0/s1. The highest BCUT2D eigenvalue weighted by Crippen LogP contribution is 2.55. The van der Waals surface area contributed by atoms with Crippen molar-refractivity contribution in [3.05, 3.63) is 47.4 Å². The fourth-order valence-electron chi connectivity index (χ4n) is 4.12. The van der Waals surface area contributed by atoms with Crippen LogP contribution >= 0.6 is 0 Å². The Morgan fingerprint density at radius 1 is 1.25 bits per heavy atom. The third-order valence-electron chi connectivity index (χ3n) is 6.25. The van der Waals surface area contributed by atoms with Gasteiger partial charge in [0.15, 0.2) is 20.5 Å². The Hall–Kier alpha value is -2.87. The van der Waals surface area contributed by atoms with E-state index in [1.165, 1.54) is 6.07 Å². The van der Waals surface area contributed by atoms with Gasteiger partial charge in [-0.3, -0.25) is 4.79 Å². The SMILES string of the molecule is Cc1c(F)ccc([C@H]2[C@H](C(=O)Nc3ccnc(S(C)(=O)=O)c3)O[C@@](C)(C(F)(F)F)[C@H]2C)c1OC(F)F. The molecule has 1 fully saturated rings. The van der Waals surface area contributed by atoms with E-state index in [0.717, 1.165) is 51.4 Å². The molecule has 0 unspecified atom stereocenters. The summed E-state index contributed by atoms with van der Waals surface area (Å²) in [5.41, 5.74) is -3.65. The Balaban J connectivity index is 2.11. The summed E-state index contributed by atoms with van der Waals surface area (Å²) in [6, 6.07) is 4.05. The molecule has 0 saturated carbocycles. The summed E-state index contributed by atoms with van der Waals surface area (Å²) in [6.45, 7) is -0.464. The van der Waals surface area contributed by atoms with Gasteiger partial charge in [-0.15, -0.1) is 0 Å². The third kappa shape index (κ3) is 5.14. The zero-order valence-corrected chi connectivity index (χ0v) is 20.2. The van der Waals surface area contributed by atoms with Crippen molar-refractivity contribution >= 4 is 21.4 Å². The zero-order valence-electron chi connectivity index (χ0n) is 19.4. The summed E-state index contributed by atoms with van der Waals surface area (Å²) >= 11 is 0. The Bertz CT molecular complexity index is 1270. The Morgan fingerprint density at radius 2 is 1.89 bits per heavy atom. The number of carbonyl (C=O) groups excluding carboxylic acids is 1. The number of aromatic nitrogens is 1. The van der Waals surface area contributed by atoms with Crippen LogP contribution < -0.4 is 10.1 Å². The Kier molecular flexibility index (Phi) is 7.34. The molecule has 1 N–H and O–H groups in total. The second kappa shape index (κ2) is 9.54. The maximum absolute atomic E-state index is 14.1. The highest BCUT2D eigenvalue weighted by Gasteiger charge is 2.65. The van der Waals surface area contributed by atoms with Crippen molar-refractivity contribution < 1.29 is 49.0 Å². The molecule has 1 aromatic heterocycles. The largest absolute Gasteiger partial charge is 0.434 e. The van der Waals surface area contributed by atoms with Crippen molar-refractivity contribution in [2.24, 2.45) is 5.92 Å². The lowest BCUT2D eigenvalue weighted by atomic mass is 9.76. The van der Waals surface area contributed by atoms with Gasteiger partial charge in [0.05, 0.1) is 0 Å². The molecule has 1 amide bonds. The van der Waals surface area contributed by atoms with Crippen molar-refractivity contribution in [2.45, 2.75) is 56.2 Å². The molecule has 0 aliphatic carbocycles. The number of carbonyl (C=O) groups is 1. The number of benzene rings is 1.